The van der Waals surface area contributed by atoms with E-state index in [1.54, 1.807) is 0 Å². The van der Waals surface area contributed by atoms with Crippen LogP contribution in [-0.2, 0) is 28.6 Å². The molecule has 6 nitrogen and oxygen atoms in total. The third kappa shape index (κ3) is 62.0. The van der Waals surface area contributed by atoms with Gasteiger partial charge in [-0.25, -0.2) is 0 Å². The van der Waals surface area contributed by atoms with Gasteiger partial charge in [-0.05, 0) is 83.5 Å². The molecule has 0 heterocycles. The Morgan fingerprint density at radius 2 is 0.513 bits per heavy atom. The molecule has 0 N–H and O–H groups in total. The number of hydrogen-bond acceptors (Lipinski definition) is 6. The van der Waals surface area contributed by atoms with Crippen molar-refractivity contribution in [3.05, 3.63) is 60.8 Å². The monoisotopic (exact) mass is 1060 g/mol. The number of esters is 3. The fourth-order valence-corrected chi connectivity index (χ4v) is 9.79. The molecule has 0 aliphatic carbocycles. The number of carbonyl (C=O) groups excluding carboxylic acids is 3. The third-order valence-corrected chi connectivity index (χ3v) is 14.8. The Bertz CT molecular complexity index is 1360. The van der Waals surface area contributed by atoms with E-state index < -0.39 is 6.10 Å². The van der Waals surface area contributed by atoms with Crippen LogP contribution in [0.25, 0.3) is 0 Å². The summed E-state index contributed by atoms with van der Waals surface area (Å²) in [5.41, 5.74) is 0. The molecule has 0 aromatic carbocycles. The van der Waals surface area contributed by atoms with Crippen LogP contribution in [0.15, 0.2) is 60.8 Å². The lowest BCUT2D eigenvalue weighted by atomic mass is 10.0. The summed E-state index contributed by atoms with van der Waals surface area (Å²) in [6, 6.07) is 0. The van der Waals surface area contributed by atoms with E-state index in [9.17, 15) is 14.4 Å². The molecule has 0 bridgehead atoms. The number of rotatable bonds is 61. The molecule has 0 radical (unpaired) electrons. The second kappa shape index (κ2) is 64.6. The normalized spacial score (nSPS) is 12.4. The number of unbranched alkanes of at least 4 members (excludes halogenated alkanes) is 40. The van der Waals surface area contributed by atoms with Crippen LogP contribution in [0, 0.1) is 0 Å². The first-order chi connectivity index (χ1) is 37.5. The summed E-state index contributed by atoms with van der Waals surface area (Å²) in [6.07, 6.45) is 82.3. The summed E-state index contributed by atoms with van der Waals surface area (Å²) in [5.74, 6) is -0.864. The summed E-state index contributed by atoms with van der Waals surface area (Å²) < 4.78 is 17.0. The van der Waals surface area contributed by atoms with E-state index in [0.717, 1.165) is 89.9 Å². The van der Waals surface area contributed by atoms with Gasteiger partial charge >= 0.3 is 17.9 Å². The molecule has 0 aliphatic rings. The molecule has 0 fully saturated rings. The van der Waals surface area contributed by atoms with Crippen LogP contribution in [0.1, 0.15) is 348 Å². The predicted molar refractivity (Wildman–Crippen MR) is 330 cm³/mol. The zero-order valence-corrected chi connectivity index (χ0v) is 50.8. The minimum absolute atomic E-state index is 0.0745. The lowest BCUT2D eigenvalue weighted by molar-refractivity contribution is -0.167. The summed E-state index contributed by atoms with van der Waals surface area (Å²) in [4.78, 5) is 38.4. The topological polar surface area (TPSA) is 78.9 Å². The van der Waals surface area contributed by atoms with E-state index in [-0.39, 0.29) is 31.1 Å². The summed E-state index contributed by atoms with van der Waals surface area (Å²) in [6.45, 7) is 6.57. The largest absolute Gasteiger partial charge is 0.462 e. The van der Waals surface area contributed by atoms with Gasteiger partial charge in [-0.15, -0.1) is 0 Å². The van der Waals surface area contributed by atoms with Crippen LogP contribution in [0.5, 0.6) is 0 Å². The van der Waals surface area contributed by atoms with E-state index in [1.807, 2.05) is 0 Å². The van der Waals surface area contributed by atoms with Crippen molar-refractivity contribution in [3.8, 4) is 0 Å². The van der Waals surface area contributed by atoms with Crippen LogP contribution < -0.4 is 0 Å². The van der Waals surface area contributed by atoms with Crippen LogP contribution in [0.4, 0.5) is 0 Å². The zero-order valence-electron chi connectivity index (χ0n) is 50.8. The van der Waals surface area contributed by atoms with Gasteiger partial charge in [-0.3, -0.25) is 14.4 Å². The van der Waals surface area contributed by atoms with Crippen molar-refractivity contribution in [1.82, 2.24) is 0 Å². The maximum atomic E-state index is 12.9. The van der Waals surface area contributed by atoms with Crippen LogP contribution in [0.2, 0.25) is 0 Å². The Hall–Kier alpha value is -2.89. The molecule has 442 valence electrons. The quantitative estimate of drug-likeness (QED) is 0.0261. The van der Waals surface area contributed by atoms with Gasteiger partial charge in [0, 0.05) is 19.3 Å². The molecule has 0 amide bonds. The number of carbonyl (C=O) groups is 3. The van der Waals surface area contributed by atoms with Crippen LogP contribution >= 0.6 is 0 Å². The minimum atomic E-state index is -0.779. The van der Waals surface area contributed by atoms with Gasteiger partial charge < -0.3 is 14.2 Å². The Morgan fingerprint density at radius 3 is 0.803 bits per heavy atom. The Labute approximate surface area is 472 Å². The van der Waals surface area contributed by atoms with Gasteiger partial charge in [0.2, 0.25) is 0 Å². The average molecular weight is 1060 g/mol. The van der Waals surface area contributed by atoms with E-state index >= 15 is 0 Å². The zero-order chi connectivity index (χ0) is 55.0. The molecule has 0 rings (SSSR count). The molecule has 1 unspecified atom stereocenters. The highest BCUT2D eigenvalue weighted by Gasteiger charge is 2.19. The number of allylic oxidation sites excluding steroid dienone is 10. The Morgan fingerprint density at radius 1 is 0.276 bits per heavy atom. The van der Waals surface area contributed by atoms with Gasteiger partial charge in [-0.1, -0.05) is 306 Å². The van der Waals surface area contributed by atoms with Crippen molar-refractivity contribution in [1.29, 1.82) is 0 Å². The maximum Gasteiger partial charge on any atom is 0.306 e. The molecule has 0 aromatic heterocycles. The highest BCUT2D eigenvalue weighted by Crippen LogP contribution is 2.17. The van der Waals surface area contributed by atoms with Gasteiger partial charge in [0.1, 0.15) is 13.2 Å². The molecule has 0 saturated carbocycles. The smallest absolute Gasteiger partial charge is 0.306 e. The lowest BCUT2D eigenvalue weighted by Crippen LogP contribution is -2.30. The van der Waals surface area contributed by atoms with Crippen LogP contribution in [-0.4, -0.2) is 37.2 Å². The first-order valence-corrected chi connectivity index (χ1v) is 33.3. The van der Waals surface area contributed by atoms with Crippen molar-refractivity contribution < 1.29 is 28.6 Å². The van der Waals surface area contributed by atoms with Crippen molar-refractivity contribution in [3.63, 3.8) is 0 Å². The molecule has 0 aliphatic heterocycles. The minimum Gasteiger partial charge on any atom is -0.462 e. The third-order valence-electron chi connectivity index (χ3n) is 14.8. The Balaban J connectivity index is 4.30. The van der Waals surface area contributed by atoms with Gasteiger partial charge in [0.25, 0.3) is 0 Å². The van der Waals surface area contributed by atoms with E-state index in [4.69, 9.17) is 14.2 Å². The second-order valence-corrected chi connectivity index (χ2v) is 22.4. The molecule has 0 aromatic rings. The van der Waals surface area contributed by atoms with Crippen molar-refractivity contribution in [2.75, 3.05) is 13.2 Å². The summed E-state index contributed by atoms with van der Waals surface area (Å²) in [7, 11) is 0. The van der Waals surface area contributed by atoms with E-state index in [0.29, 0.717) is 19.3 Å². The van der Waals surface area contributed by atoms with Gasteiger partial charge in [0.15, 0.2) is 6.10 Å². The fraction of sp³-hybridized carbons (Fsp3) is 0.814. The second-order valence-electron chi connectivity index (χ2n) is 22.4. The van der Waals surface area contributed by atoms with Crippen LogP contribution in [0.3, 0.4) is 0 Å². The SMILES string of the molecule is CC/C=C\C/C=C\C/C=C\CCCCCCCCCC(=O)OC(COC(=O)CCCCCCCCCCCCCCC/C=C\C/C=C\CCCCCCC)COC(=O)CCCCCCCCCCCCCCCCCC. The molecule has 0 saturated heterocycles. The number of ether oxygens (including phenoxy) is 3. The molecule has 6 heteroatoms. The Kier molecular flexibility index (Phi) is 62.2. The lowest BCUT2D eigenvalue weighted by Gasteiger charge is -2.18. The fourth-order valence-electron chi connectivity index (χ4n) is 9.79. The summed E-state index contributed by atoms with van der Waals surface area (Å²) in [5, 5.41) is 0. The summed E-state index contributed by atoms with van der Waals surface area (Å²) >= 11 is 0. The predicted octanol–water partition coefficient (Wildman–Crippen LogP) is 22.7. The highest BCUT2D eigenvalue weighted by molar-refractivity contribution is 5.71. The molecule has 1 atom stereocenters. The average Bonchev–Trinajstić information content (AvgIpc) is 3.42. The first kappa shape index (κ1) is 73.1. The van der Waals surface area contributed by atoms with E-state index in [1.165, 1.54) is 218 Å². The highest BCUT2D eigenvalue weighted by atomic mass is 16.6. The molecular weight excluding hydrogens is 937 g/mol. The van der Waals surface area contributed by atoms with Crippen molar-refractivity contribution in [2.45, 2.75) is 354 Å². The van der Waals surface area contributed by atoms with Crippen molar-refractivity contribution in [2.24, 2.45) is 0 Å². The standard InChI is InChI=1S/C70H126O6/c1-4-7-10-13-16-19-22-25-28-31-32-33-34-35-36-37-38-40-42-45-48-51-54-57-60-63-69(72)75-66-67(65-74-68(71)62-59-56-53-50-47-44-41-30-27-24-21-18-15-12-9-6-3)76-70(73)64-61-58-55-52-49-46-43-39-29-26-23-20-17-14-11-8-5-2/h8,11,17,20,22,25-26,29,31-32,67H,4-7,9-10,12-16,18-19,21,23-24,27-28,30,33-66H2,1-3H3/b11-8-,20-17-,25-22-,29-26-,32-31-. The number of hydrogen-bond donors (Lipinski definition) is 0. The molecule has 0 spiro atoms. The van der Waals surface area contributed by atoms with Gasteiger partial charge in [0.05, 0.1) is 0 Å². The molecular formula is C70H126O6. The van der Waals surface area contributed by atoms with Crippen molar-refractivity contribution >= 4 is 17.9 Å². The van der Waals surface area contributed by atoms with Gasteiger partial charge in [-0.2, -0.15) is 0 Å². The molecule has 76 heavy (non-hydrogen) atoms. The maximum absolute atomic E-state index is 12.9. The first-order valence-electron chi connectivity index (χ1n) is 33.3. The van der Waals surface area contributed by atoms with E-state index in [2.05, 4.69) is 81.5 Å².